The molecule has 2 unspecified atom stereocenters. The van der Waals surface area contributed by atoms with Crippen molar-refractivity contribution >= 4 is 29.8 Å². The average molecular weight is 377 g/mol. The molecule has 0 spiro atoms. The molecule has 0 aliphatic carbocycles. The first-order valence-corrected chi connectivity index (χ1v) is 9.39. The molecule has 2 N–H and O–H groups in total. The Bertz CT molecular complexity index is 913. The lowest BCUT2D eigenvalue weighted by Gasteiger charge is -2.53. The molecule has 1 amide bonds. The Morgan fingerprint density at radius 2 is 2.18 bits per heavy atom. The van der Waals surface area contributed by atoms with Gasteiger partial charge >= 0.3 is 0 Å². The number of nitrogens with one attached hydrogen (secondary N) is 2. The number of hydrazone groups is 1. The summed E-state index contributed by atoms with van der Waals surface area (Å²) in [5, 5.41) is 10.9. The van der Waals surface area contributed by atoms with Gasteiger partial charge in [0, 0.05) is 38.0 Å². The topological polar surface area (TPSA) is 97.6 Å². The fourth-order valence-corrected chi connectivity index (χ4v) is 3.91. The number of likely N-dealkylation sites (tertiary alicyclic amines) is 1. The summed E-state index contributed by atoms with van der Waals surface area (Å²) in [5.74, 6) is 1.48. The van der Waals surface area contributed by atoms with E-state index in [-0.39, 0.29) is 11.9 Å². The standard InChI is InChI=1S/C20H23N7O/c1-14-10-22-11-19(24-14)27-12-15-6-9-26(13-18(15)27)20(28)16-4-2-3-5-17(16)25-23-8-7-21/h2-5,7-8,10-11,15,18,21,25H,6,9,12-13H2,1H3/b21-7?,23-8-. The Hall–Kier alpha value is -3.29. The first-order chi connectivity index (χ1) is 13.7. The Morgan fingerprint density at radius 1 is 1.32 bits per heavy atom. The SMILES string of the molecule is Cc1cncc(N2CC3CCN(C(=O)c4ccccc4N/N=C\C=N)CC32)n1. The van der Waals surface area contributed by atoms with Crippen molar-refractivity contribution in [1.29, 1.82) is 5.41 Å². The second-order valence-corrected chi connectivity index (χ2v) is 7.14. The van der Waals surface area contributed by atoms with Crippen LogP contribution in [0.4, 0.5) is 11.5 Å². The van der Waals surface area contributed by atoms with Gasteiger partial charge in [0.2, 0.25) is 0 Å². The van der Waals surface area contributed by atoms with Gasteiger partial charge in [-0.25, -0.2) is 4.98 Å². The molecule has 0 radical (unpaired) electrons. The second kappa shape index (κ2) is 7.75. The summed E-state index contributed by atoms with van der Waals surface area (Å²) < 4.78 is 0. The molecule has 2 atom stereocenters. The molecule has 28 heavy (non-hydrogen) atoms. The second-order valence-electron chi connectivity index (χ2n) is 7.14. The van der Waals surface area contributed by atoms with Crippen LogP contribution in [0.15, 0.2) is 41.8 Å². The maximum Gasteiger partial charge on any atom is 0.256 e. The van der Waals surface area contributed by atoms with Crippen molar-refractivity contribution in [3.05, 3.63) is 47.9 Å². The van der Waals surface area contributed by atoms with Crippen LogP contribution in [0, 0.1) is 18.3 Å². The summed E-state index contributed by atoms with van der Waals surface area (Å²) in [6, 6.07) is 7.61. The minimum atomic E-state index is -0.00576. The molecular formula is C20H23N7O. The predicted molar refractivity (Wildman–Crippen MR) is 109 cm³/mol. The number of para-hydroxylation sites is 1. The lowest BCUT2D eigenvalue weighted by Crippen LogP contribution is -2.65. The molecule has 2 saturated heterocycles. The van der Waals surface area contributed by atoms with Crippen LogP contribution in [-0.4, -0.2) is 58.9 Å². The third kappa shape index (κ3) is 3.45. The van der Waals surface area contributed by atoms with E-state index in [4.69, 9.17) is 5.41 Å². The summed E-state index contributed by atoms with van der Waals surface area (Å²) in [5.41, 5.74) is 4.98. The third-order valence-electron chi connectivity index (χ3n) is 5.37. The van der Waals surface area contributed by atoms with Crippen LogP contribution in [0.1, 0.15) is 22.5 Å². The van der Waals surface area contributed by atoms with E-state index in [0.29, 0.717) is 23.7 Å². The van der Waals surface area contributed by atoms with Gasteiger partial charge in [0.1, 0.15) is 5.82 Å². The van der Waals surface area contributed by atoms with Crippen molar-refractivity contribution < 1.29 is 4.79 Å². The van der Waals surface area contributed by atoms with Crippen molar-refractivity contribution in [3.8, 4) is 0 Å². The minimum Gasteiger partial charge on any atom is -0.350 e. The number of benzene rings is 1. The molecule has 3 heterocycles. The van der Waals surface area contributed by atoms with Crippen LogP contribution in [0.5, 0.6) is 0 Å². The van der Waals surface area contributed by atoms with Gasteiger partial charge in [0.05, 0.1) is 35.4 Å². The van der Waals surface area contributed by atoms with Gasteiger partial charge in [-0.2, -0.15) is 5.10 Å². The van der Waals surface area contributed by atoms with Gasteiger partial charge in [0.15, 0.2) is 0 Å². The van der Waals surface area contributed by atoms with Crippen molar-refractivity contribution in [1.82, 2.24) is 14.9 Å². The van der Waals surface area contributed by atoms with Crippen molar-refractivity contribution in [2.24, 2.45) is 11.0 Å². The van der Waals surface area contributed by atoms with Gasteiger partial charge in [-0.1, -0.05) is 12.1 Å². The predicted octanol–water partition coefficient (Wildman–Crippen LogP) is 2.18. The number of fused-ring (bicyclic) bond motifs is 1. The van der Waals surface area contributed by atoms with E-state index >= 15 is 0 Å². The van der Waals surface area contributed by atoms with Crippen LogP contribution >= 0.6 is 0 Å². The summed E-state index contributed by atoms with van der Waals surface area (Å²) in [6.45, 7) is 4.35. The number of hydrogen-bond acceptors (Lipinski definition) is 7. The monoisotopic (exact) mass is 377 g/mol. The molecule has 0 saturated carbocycles. The first kappa shape index (κ1) is 18.1. The number of rotatable bonds is 5. The zero-order valence-corrected chi connectivity index (χ0v) is 15.7. The molecule has 8 heteroatoms. The number of aromatic nitrogens is 2. The summed E-state index contributed by atoms with van der Waals surface area (Å²) in [7, 11) is 0. The molecule has 0 bridgehead atoms. The molecule has 4 rings (SSSR count). The van der Waals surface area contributed by atoms with Crippen LogP contribution < -0.4 is 10.3 Å². The van der Waals surface area contributed by atoms with E-state index < -0.39 is 0 Å². The van der Waals surface area contributed by atoms with Crippen LogP contribution in [-0.2, 0) is 0 Å². The smallest absolute Gasteiger partial charge is 0.256 e. The van der Waals surface area contributed by atoms with Crippen molar-refractivity contribution in [2.75, 3.05) is 30.0 Å². The van der Waals surface area contributed by atoms with Gasteiger partial charge in [0.25, 0.3) is 5.91 Å². The van der Waals surface area contributed by atoms with Crippen LogP contribution in [0.2, 0.25) is 0 Å². The highest BCUT2D eigenvalue weighted by Gasteiger charge is 2.44. The highest BCUT2D eigenvalue weighted by molar-refractivity contribution is 6.14. The highest BCUT2D eigenvalue weighted by Crippen LogP contribution is 2.36. The molecule has 1 aromatic heterocycles. The Labute approximate surface area is 163 Å². The molecule has 1 aromatic carbocycles. The number of nitrogens with zero attached hydrogens (tertiary/aromatic N) is 5. The molecule has 2 fully saturated rings. The molecule has 2 aromatic rings. The molecule has 144 valence electrons. The largest absolute Gasteiger partial charge is 0.350 e. The number of carbonyl (C=O) groups excluding carboxylic acids is 1. The van der Waals surface area contributed by atoms with E-state index in [1.807, 2.05) is 30.0 Å². The van der Waals surface area contributed by atoms with Gasteiger partial charge < -0.3 is 15.2 Å². The lowest BCUT2D eigenvalue weighted by atomic mass is 9.82. The Morgan fingerprint density at radius 3 is 3.00 bits per heavy atom. The van der Waals surface area contributed by atoms with E-state index in [9.17, 15) is 4.79 Å². The fourth-order valence-electron chi connectivity index (χ4n) is 3.91. The van der Waals surface area contributed by atoms with Gasteiger partial charge in [-0.3, -0.25) is 15.2 Å². The average Bonchev–Trinajstić information content (AvgIpc) is 2.69. The molecule has 2 aliphatic heterocycles. The summed E-state index contributed by atoms with van der Waals surface area (Å²) >= 11 is 0. The Balaban J connectivity index is 1.49. The molecular weight excluding hydrogens is 354 g/mol. The molecule has 2 aliphatic rings. The lowest BCUT2D eigenvalue weighted by molar-refractivity contribution is 0.0592. The molecule has 8 nitrogen and oxygen atoms in total. The van der Waals surface area contributed by atoms with Crippen molar-refractivity contribution in [3.63, 3.8) is 0 Å². The van der Waals surface area contributed by atoms with Crippen molar-refractivity contribution in [2.45, 2.75) is 19.4 Å². The maximum atomic E-state index is 13.2. The van der Waals surface area contributed by atoms with E-state index in [1.54, 1.807) is 18.5 Å². The number of hydrogen-bond donors (Lipinski definition) is 2. The normalized spacial score (nSPS) is 21.2. The third-order valence-corrected chi connectivity index (χ3v) is 5.37. The zero-order valence-electron chi connectivity index (χ0n) is 15.7. The van der Waals surface area contributed by atoms with Crippen LogP contribution in [0.25, 0.3) is 0 Å². The van der Waals surface area contributed by atoms with Crippen LogP contribution in [0.3, 0.4) is 0 Å². The summed E-state index contributed by atoms with van der Waals surface area (Å²) in [6.07, 6.45) is 6.96. The fraction of sp³-hybridized carbons (Fsp3) is 0.350. The highest BCUT2D eigenvalue weighted by atomic mass is 16.2. The summed E-state index contributed by atoms with van der Waals surface area (Å²) in [4.78, 5) is 26.2. The number of amides is 1. The Kier molecular flexibility index (Phi) is 5.01. The minimum absolute atomic E-state index is 0.00576. The number of piperidine rings is 1. The van der Waals surface area contributed by atoms with E-state index in [2.05, 4.69) is 25.4 Å². The zero-order chi connectivity index (χ0) is 19.5. The van der Waals surface area contributed by atoms with Gasteiger partial charge in [-0.15, -0.1) is 0 Å². The quantitative estimate of drug-likeness (QED) is 0.615. The van der Waals surface area contributed by atoms with E-state index in [0.717, 1.165) is 37.2 Å². The number of anilines is 2. The number of carbonyl (C=O) groups is 1. The van der Waals surface area contributed by atoms with E-state index in [1.165, 1.54) is 6.21 Å². The number of aryl methyl sites for hydroxylation is 1. The first-order valence-electron chi connectivity index (χ1n) is 9.39. The van der Waals surface area contributed by atoms with Gasteiger partial charge in [-0.05, 0) is 25.5 Å². The maximum absolute atomic E-state index is 13.2.